The maximum absolute atomic E-state index is 12.9. The van der Waals surface area contributed by atoms with E-state index in [1.54, 1.807) is 23.0 Å². The Kier molecular flexibility index (Phi) is 10.4. The van der Waals surface area contributed by atoms with Crippen molar-refractivity contribution in [2.75, 3.05) is 33.2 Å². The van der Waals surface area contributed by atoms with E-state index in [9.17, 15) is 9.18 Å². The third-order valence-corrected chi connectivity index (χ3v) is 4.57. The number of rotatable bonds is 7. The van der Waals surface area contributed by atoms with E-state index in [0.29, 0.717) is 31.4 Å². The van der Waals surface area contributed by atoms with E-state index in [4.69, 9.17) is 0 Å². The summed E-state index contributed by atoms with van der Waals surface area (Å²) in [4.78, 5) is 14.3. The first-order valence-electron chi connectivity index (χ1n) is 8.95. The zero-order valence-electron chi connectivity index (χ0n) is 15.8. The smallest absolute Gasteiger partial charge is 0.273 e. The van der Waals surface area contributed by atoms with Crippen molar-refractivity contribution in [3.05, 3.63) is 47.5 Å². The molecule has 28 heavy (non-hydrogen) atoms. The van der Waals surface area contributed by atoms with Crippen LogP contribution in [0.15, 0.2) is 30.5 Å². The van der Waals surface area contributed by atoms with E-state index >= 15 is 0 Å². The number of aromatic nitrogens is 3. The van der Waals surface area contributed by atoms with Gasteiger partial charge in [-0.3, -0.25) is 4.79 Å². The van der Waals surface area contributed by atoms with E-state index in [1.807, 2.05) is 7.05 Å². The summed E-state index contributed by atoms with van der Waals surface area (Å²) >= 11 is 0. The molecule has 2 aromatic rings. The summed E-state index contributed by atoms with van der Waals surface area (Å²) in [7, 11) is 1.96. The van der Waals surface area contributed by atoms with Gasteiger partial charge in [-0.1, -0.05) is 17.3 Å². The molecule has 2 heterocycles. The lowest BCUT2D eigenvalue weighted by Crippen LogP contribution is -2.33. The minimum absolute atomic E-state index is 0. The van der Waals surface area contributed by atoms with E-state index in [1.165, 1.54) is 12.1 Å². The lowest BCUT2D eigenvalue weighted by Gasteiger charge is -2.22. The largest absolute Gasteiger partial charge is 0.349 e. The van der Waals surface area contributed by atoms with Crippen molar-refractivity contribution >= 4 is 30.7 Å². The number of nitrogens with zero attached hydrogens (tertiary/aromatic N) is 4. The number of hydrogen-bond acceptors (Lipinski definition) is 5. The molecule has 0 radical (unpaired) electrons. The number of carbonyl (C=O) groups is 1. The molecule has 1 aliphatic rings. The predicted octanol–water partition coefficient (Wildman–Crippen LogP) is 2.05. The maximum Gasteiger partial charge on any atom is 0.273 e. The number of carbonyl (C=O) groups excluding carboxylic acids is 1. The molecule has 1 aromatic heterocycles. The number of amides is 1. The standard InChI is InChI=1S/C18H25FN6O.2ClH/c1-24(12-14-2-4-15(19)5-3-14)11-10-21-18(26)17-13-25(23-22-17)16-6-8-20-9-7-16;;/h2-5,13,16,20H,6-12H2,1H3,(H,21,26);2*1H. The molecule has 0 saturated carbocycles. The summed E-state index contributed by atoms with van der Waals surface area (Å²) < 4.78 is 14.7. The van der Waals surface area contributed by atoms with Crippen molar-refractivity contribution in [3.63, 3.8) is 0 Å². The Balaban J connectivity index is 0.00000196. The van der Waals surface area contributed by atoms with Gasteiger partial charge in [0.1, 0.15) is 5.82 Å². The minimum Gasteiger partial charge on any atom is -0.349 e. The lowest BCUT2D eigenvalue weighted by molar-refractivity contribution is 0.0944. The molecule has 0 aliphatic carbocycles. The fourth-order valence-corrected chi connectivity index (χ4v) is 3.06. The molecule has 1 fully saturated rings. The number of benzene rings is 1. The van der Waals surface area contributed by atoms with Gasteiger partial charge in [0.25, 0.3) is 5.91 Å². The predicted molar refractivity (Wildman–Crippen MR) is 111 cm³/mol. The molecule has 156 valence electrons. The topological polar surface area (TPSA) is 75.1 Å². The molecule has 1 aromatic carbocycles. The van der Waals surface area contributed by atoms with Gasteiger partial charge in [0, 0.05) is 19.6 Å². The average Bonchev–Trinajstić information content (AvgIpc) is 3.15. The second-order valence-corrected chi connectivity index (χ2v) is 6.69. The van der Waals surface area contributed by atoms with E-state index in [-0.39, 0.29) is 36.5 Å². The Morgan fingerprint density at radius 1 is 1.29 bits per heavy atom. The zero-order valence-corrected chi connectivity index (χ0v) is 17.4. The van der Waals surface area contributed by atoms with Crippen LogP contribution in [-0.2, 0) is 6.54 Å². The number of hydrogen-bond donors (Lipinski definition) is 2. The normalized spacial score (nSPS) is 14.2. The Morgan fingerprint density at radius 2 is 1.96 bits per heavy atom. The van der Waals surface area contributed by atoms with Gasteiger partial charge in [0.05, 0.1) is 12.2 Å². The molecule has 0 unspecified atom stereocenters. The quantitative estimate of drug-likeness (QED) is 0.699. The summed E-state index contributed by atoms with van der Waals surface area (Å²) in [5.74, 6) is -0.443. The number of piperidine rings is 1. The Morgan fingerprint density at radius 3 is 2.64 bits per heavy atom. The molecule has 0 atom stereocenters. The van der Waals surface area contributed by atoms with Crippen LogP contribution in [0.3, 0.4) is 0 Å². The van der Waals surface area contributed by atoms with Crippen molar-refractivity contribution in [1.29, 1.82) is 0 Å². The van der Waals surface area contributed by atoms with E-state index < -0.39 is 0 Å². The van der Waals surface area contributed by atoms with Gasteiger partial charge in [-0.25, -0.2) is 9.07 Å². The Bertz CT molecular complexity index is 721. The number of nitrogens with one attached hydrogen (secondary N) is 2. The summed E-state index contributed by atoms with van der Waals surface area (Å²) in [6, 6.07) is 6.76. The summed E-state index contributed by atoms with van der Waals surface area (Å²) in [5.41, 5.74) is 1.38. The third-order valence-electron chi connectivity index (χ3n) is 4.57. The lowest BCUT2D eigenvalue weighted by atomic mass is 10.1. The molecule has 1 amide bonds. The van der Waals surface area contributed by atoms with Gasteiger partial charge in [-0.2, -0.15) is 0 Å². The fraction of sp³-hybridized carbons (Fsp3) is 0.500. The van der Waals surface area contributed by atoms with Crippen LogP contribution in [0.2, 0.25) is 0 Å². The number of likely N-dealkylation sites (N-methyl/N-ethyl adjacent to an activating group) is 1. The van der Waals surface area contributed by atoms with Crippen molar-refractivity contribution in [1.82, 2.24) is 30.5 Å². The summed E-state index contributed by atoms with van der Waals surface area (Å²) in [6.07, 6.45) is 3.73. The van der Waals surface area contributed by atoms with Crippen LogP contribution in [0, 0.1) is 5.82 Å². The molecule has 1 aliphatic heterocycles. The average molecular weight is 433 g/mol. The fourth-order valence-electron chi connectivity index (χ4n) is 3.06. The molecule has 1 saturated heterocycles. The Labute approximate surface area is 176 Å². The Hall–Kier alpha value is -1.74. The van der Waals surface area contributed by atoms with Crippen LogP contribution >= 0.6 is 24.8 Å². The highest BCUT2D eigenvalue weighted by Gasteiger charge is 2.18. The molecule has 7 nitrogen and oxygen atoms in total. The van der Waals surface area contributed by atoms with Crippen LogP contribution in [-0.4, -0.2) is 59.0 Å². The minimum atomic E-state index is -0.235. The van der Waals surface area contributed by atoms with Gasteiger partial charge in [0.2, 0.25) is 0 Å². The number of halogens is 3. The molecular weight excluding hydrogens is 406 g/mol. The van der Waals surface area contributed by atoms with Crippen molar-refractivity contribution < 1.29 is 9.18 Å². The van der Waals surface area contributed by atoms with Crippen molar-refractivity contribution in [2.45, 2.75) is 25.4 Å². The van der Waals surface area contributed by atoms with Crippen molar-refractivity contribution in [3.8, 4) is 0 Å². The summed E-state index contributed by atoms with van der Waals surface area (Å²) in [5, 5.41) is 14.3. The van der Waals surface area contributed by atoms with Crippen LogP contribution in [0.25, 0.3) is 0 Å². The highest BCUT2D eigenvalue weighted by Crippen LogP contribution is 2.16. The van der Waals surface area contributed by atoms with Gasteiger partial charge >= 0.3 is 0 Å². The SMILES string of the molecule is CN(CCNC(=O)c1cn(C2CCNCC2)nn1)Cc1ccc(F)cc1.Cl.Cl. The van der Waals surface area contributed by atoms with Crippen LogP contribution in [0.5, 0.6) is 0 Å². The second-order valence-electron chi connectivity index (χ2n) is 6.69. The van der Waals surface area contributed by atoms with Crippen LogP contribution in [0.4, 0.5) is 4.39 Å². The first kappa shape index (κ1) is 24.3. The van der Waals surface area contributed by atoms with E-state index in [2.05, 4.69) is 25.8 Å². The molecule has 2 N–H and O–H groups in total. The molecular formula is C18H27Cl2FN6O. The van der Waals surface area contributed by atoms with E-state index in [0.717, 1.165) is 31.5 Å². The monoisotopic (exact) mass is 432 g/mol. The van der Waals surface area contributed by atoms with Crippen LogP contribution < -0.4 is 10.6 Å². The molecule has 0 spiro atoms. The van der Waals surface area contributed by atoms with Gasteiger partial charge in [-0.05, 0) is 50.7 Å². The zero-order chi connectivity index (χ0) is 18.4. The molecule has 10 heteroatoms. The summed E-state index contributed by atoms with van der Waals surface area (Å²) in [6.45, 7) is 3.82. The third kappa shape index (κ3) is 7.01. The van der Waals surface area contributed by atoms with Crippen LogP contribution in [0.1, 0.15) is 34.9 Å². The highest BCUT2D eigenvalue weighted by atomic mass is 35.5. The maximum atomic E-state index is 12.9. The highest BCUT2D eigenvalue weighted by molar-refractivity contribution is 5.91. The first-order valence-corrected chi connectivity index (χ1v) is 8.95. The van der Waals surface area contributed by atoms with Gasteiger partial charge in [-0.15, -0.1) is 29.9 Å². The first-order chi connectivity index (χ1) is 12.6. The van der Waals surface area contributed by atoms with Gasteiger partial charge in [0.15, 0.2) is 5.69 Å². The molecule has 3 rings (SSSR count). The second kappa shape index (κ2) is 12.0. The molecule has 0 bridgehead atoms. The van der Waals surface area contributed by atoms with Crippen molar-refractivity contribution in [2.24, 2.45) is 0 Å². The van der Waals surface area contributed by atoms with Gasteiger partial charge < -0.3 is 15.5 Å².